The highest BCUT2D eigenvalue weighted by Crippen LogP contribution is 2.40. The molecule has 6 nitrogen and oxygen atoms in total. The van der Waals surface area contributed by atoms with Crippen molar-refractivity contribution in [3.05, 3.63) is 76.3 Å². The summed E-state index contributed by atoms with van der Waals surface area (Å²) < 4.78 is 35.0. The van der Waals surface area contributed by atoms with Crippen molar-refractivity contribution in [3.63, 3.8) is 0 Å². The summed E-state index contributed by atoms with van der Waals surface area (Å²) >= 11 is 0. The number of methoxy groups -OCH3 is 1. The fraction of sp³-hybridized carbons (Fsp3) is 0.424. The van der Waals surface area contributed by atoms with E-state index in [9.17, 15) is 9.00 Å². The molecule has 1 unspecified atom stereocenters. The summed E-state index contributed by atoms with van der Waals surface area (Å²) in [5, 5.41) is 0. The molecular formula is C33H36O6S. The van der Waals surface area contributed by atoms with Gasteiger partial charge in [0, 0.05) is 39.9 Å². The topological polar surface area (TPSA) is 71.1 Å². The molecule has 1 fully saturated rings. The smallest absolute Gasteiger partial charge is 0.306 e. The number of esters is 1. The highest BCUT2D eigenvalue weighted by Gasteiger charge is 2.27. The minimum Gasteiger partial charge on any atom is -0.492 e. The van der Waals surface area contributed by atoms with Crippen molar-refractivity contribution in [3.8, 4) is 28.4 Å². The van der Waals surface area contributed by atoms with Gasteiger partial charge in [0.2, 0.25) is 0 Å². The quantitative estimate of drug-likeness (QED) is 0.327. The number of ether oxygens (including phenoxy) is 4. The molecule has 0 aromatic heterocycles. The third-order valence-electron chi connectivity index (χ3n) is 8.28. The van der Waals surface area contributed by atoms with E-state index in [-0.39, 0.29) is 18.0 Å². The Morgan fingerprint density at radius 2 is 1.82 bits per heavy atom. The van der Waals surface area contributed by atoms with Gasteiger partial charge in [-0.3, -0.25) is 9.00 Å². The highest BCUT2D eigenvalue weighted by molar-refractivity contribution is 7.85. The zero-order valence-corrected chi connectivity index (χ0v) is 24.0. The van der Waals surface area contributed by atoms with Crippen LogP contribution in [0.2, 0.25) is 0 Å². The molecular weight excluding hydrogens is 524 g/mol. The monoisotopic (exact) mass is 560 g/mol. The molecule has 3 aromatic carbocycles. The van der Waals surface area contributed by atoms with Crippen LogP contribution in [-0.2, 0) is 39.8 Å². The Labute approximate surface area is 238 Å². The molecule has 0 radical (unpaired) electrons. The molecule has 0 N–H and O–H groups in total. The van der Waals surface area contributed by atoms with Gasteiger partial charge in [-0.1, -0.05) is 18.2 Å². The molecule has 7 heteroatoms. The number of hydrogen-bond acceptors (Lipinski definition) is 6. The molecule has 40 heavy (non-hydrogen) atoms. The largest absolute Gasteiger partial charge is 0.492 e. The van der Waals surface area contributed by atoms with Crippen LogP contribution in [0.15, 0.2) is 48.5 Å². The number of carbonyl (C=O) groups is 1. The first-order chi connectivity index (χ1) is 19.5. The number of benzene rings is 3. The second kappa shape index (κ2) is 11.7. The average molecular weight is 561 g/mol. The number of aryl methyl sites for hydroxylation is 3. The van der Waals surface area contributed by atoms with Gasteiger partial charge in [-0.05, 0) is 96.7 Å². The molecule has 2 aliphatic heterocycles. The number of hydrogen-bond donors (Lipinski definition) is 0. The van der Waals surface area contributed by atoms with Crippen LogP contribution in [0, 0.1) is 6.92 Å². The Bertz CT molecular complexity index is 1440. The lowest BCUT2D eigenvalue weighted by Crippen LogP contribution is -2.27. The zero-order valence-electron chi connectivity index (χ0n) is 23.2. The van der Waals surface area contributed by atoms with Crippen molar-refractivity contribution in [2.45, 2.75) is 64.1 Å². The fourth-order valence-electron chi connectivity index (χ4n) is 6.16. The van der Waals surface area contributed by atoms with Crippen molar-refractivity contribution in [2.75, 3.05) is 25.2 Å². The summed E-state index contributed by atoms with van der Waals surface area (Å²) in [6, 6.07) is 16.9. The molecule has 0 bridgehead atoms. The summed E-state index contributed by atoms with van der Waals surface area (Å²) in [6.45, 7) is 3.11. The van der Waals surface area contributed by atoms with Crippen LogP contribution < -0.4 is 14.2 Å². The Kier molecular flexibility index (Phi) is 7.83. The molecule has 3 aromatic rings. The molecule has 1 saturated heterocycles. The summed E-state index contributed by atoms with van der Waals surface area (Å²) in [5.41, 5.74) is 8.68. The first-order valence-corrected chi connectivity index (χ1v) is 15.7. The summed E-state index contributed by atoms with van der Waals surface area (Å²) in [5.74, 6) is 3.72. The summed E-state index contributed by atoms with van der Waals surface area (Å²) in [7, 11) is 0.726. The van der Waals surface area contributed by atoms with Gasteiger partial charge in [0.15, 0.2) is 0 Å². The van der Waals surface area contributed by atoms with E-state index in [1.807, 2.05) is 18.2 Å². The molecule has 0 saturated carbocycles. The van der Waals surface area contributed by atoms with E-state index < -0.39 is 10.8 Å². The van der Waals surface area contributed by atoms with E-state index in [1.165, 1.54) is 34.9 Å². The molecule has 6 rings (SSSR count). The van der Waals surface area contributed by atoms with E-state index in [1.54, 1.807) is 0 Å². The minimum absolute atomic E-state index is 0.0171. The predicted octanol–water partition coefficient (Wildman–Crippen LogP) is 6.06. The Morgan fingerprint density at radius 1 is 1.00 bits per heavy atom. The third kappa shape index (κ3) is 5.75. The number of fused-ring (bicyclic) bond motifs is 4. The van der Waals surface area contributed by atoms with Crippen molar-refractivity contribution in [2.24, 2.45) is 0 Å². The lowest BCUT2D eigenvalue weighted by molar-refractivity contribution is -0.141. The first-order valence-electron chi connectivity index (χ1n) is 14.2. The third-order valence-corrected chi connectivity index (χ3v) is 9.66. The van der Waals surface area contributed by atoms with Gasteiger partial charge in [0.1, 0.15) is 30.0 Å². The molecule has 210 valence electrons. The molecule has 1 atom stereocenters. The van der Waals surface area contributed by atoms with Crippen LogP contribution in [0.25, 0.3) is 11.1 Å². The van der Waals surface area contributed by atoms with Crippen molar-refractivity contribution >= 4 is 16.8 Å². The maximum atomic E-state index is 11.7. The summed E-state index contributed by atoms with van der Waals surface area (Å²) in [6.07, 6.45) is 5.36. The van der Waals surface area contributed by atoms with Gasteiger partial charge in [-0.15, -0.1) is 0 Å². The zero-order chi connectivity index (χ0) is 27.6. The first kappa shape index (κ1) is 26.9. The SMILES string of the molecule is COC(=O)CC1COc2cc(OCc3ccc4c(c3)-c3c(C)cc(OC5CCS(=O)CC5)cc3CCC4)ccc21. The van der Waals surface area contributed by atoms with Gasteiger partial charge < -0.3 is 18.9 Å². The highest BCUT2D eigenvalue weighted by atomic mass is 32.2. The van der Waals surface area contributed by atoms with Crippen molar-refractivity contribution in [1.29, 1.82) is 0 Å². The molecule has 1 aliphatic carbocycles. The van der Waals surface area contributed by atoms with Crippen LogP contribution in [0.5, 0.6) is 17.2 Å². The van der Waals surface area contributed by atoms with Crippen molar-refractivity contribution in [1.82, 2.24) is 0 Å². The molecule has 0 amide bonds. The van der Waals surface area contributed by atoms with Crippen LogP contribution in [0.4, 0.5) is 0 Å². The Hall–Kier alpha value is -3.32. The molecule has 0 spiro atoms. The predicted molar refractivity (Wildman–Crippen MR) is 156 cm³/mol. The van der Waals surface area contributed by atoms with Gasteiger partial charge in [-0.25, -0.2) is 0 Å². The van der Waals surface area contributed by atoms with Crippen LogP contribution in [-0.4, -0.2) is 41.5 Å². The van der Waals surface area contributed by atoms with E-state index in [2.05, 4.69) is 37.3 Å². The normalized spacial score (nSPS) is 21.3. The standard InChI is InChI=1S/C33H36O6S/c1-21-14-28(39-26-10-12-40(35)13-11-26)16-24-5-3-4-23-7-6-22(15-30(23)33(21)24)19-37-27-8-9-29-25(17-32(34)36-2)20-38-31(29)18-27/h6-9,14-16,18,25-26H,3-5,10-13,17,19-20H2,1-2H3. The van der Waals surface area contributed by atoms with Crippen molar-refractivity contribution < 1.29 is 28.0 Å². The average Bonchev–Trinajstić information content (AvgIpc) is 3.25. The maximum absolute atomic E-state index is 11.7. The maximum Gasteiger partial charge on any atom is 0.306 e. The lowest BCUT2D eigenvalue weighted by atomic mass is 9.91. The van der Waals surface area contributed by atoms with Gasteiger partial charge >= 0.3 is 5.97 Å². The van der Waals surface area contributed by atoms with E-state index in [4.69, 9.17) is 18.9 Å². The second-order valence-corrected chi connectivity index (χ2v) is 12.8. The minimum atomic E-state index is -0.685. The van der Waals surface area contributed by atoms with E-state index >= 15 is 0 Å². The van der Waals surface area contributed by atoms with Gasteiger partial charge in [-0.2, -0.15) is 0 Å². The number of carbonyl (C=O) groups excluding carboxylic acids is 1. The van der Waals surface area contributed by atoms with Gasteiger partial charge in [0.25, 0.3) is 0 Å². The summed E-state index contributed by atoms with van der Waals surface area (Å²) in [4.78, 5) is 11.7. The number of rotatable bonds is 7. The second-order valence-electron chi connectivity index (χ2n) is 11.1. The lowest BCUT2D eigenvalue weighted by Gasteiger charge is -2.24. The van der Waals surface area contributed by atoms with E-state index in [0.717, 1.165) is 72.0 Å². The van der Waals surface area contributed by atoms with E-state index in [0.29, 0.717) is 19.6 Å². The van der Waals surface area contributed by atoms with Gasteiger partial charge in [0.05, 0.1) is 20.1 Å². The molecule has 3 aliphatic rings. The molecule has 2 heterocycles. The van der Waals surface area contributed by atoms with Crippen LogP contribution in [0.3, 0.4) is 0 Å². The Balaban J connectivity index is 1.18. The van der Waals surface area contributed by atoms with Crippen LogP contribution in [0.1, 0.15) is 59.4 Å². The Morgan fingerprint density at radius 3 is 2.65 bits per heavy atom. The fourth-order valence-corrected chi connectivity index (χ4v) is 7.41. The van der Waals surface area contributed by atoms with Crippen LogP contribution >= 0.6 is 0 Å².